The van der Waals surface area contributed by atoms with Gasteiger partial charge < -0.3 is 11.1 Å². The number of nitrogens with two attached hydrogens (primary N) is 1. The zero-order chi connectivity index (χ0) is 12.4. The van der Waals surface area contributed by atoms with Crippen LogP contribution in [0.2, 0.25) is 0 Å². The van der Waals surface area contributed by atoms with Gasteiger partial charge >= 0.3 is 0 Å². The summed E-state index contributed by atoms with van der Waals surface area (Å²) in [5, 5.41) is 3.32. The summed E-state index contributed by atoms with van der Waals surface area (Å²) in [6.07, 6.45) is 10.1. The van der Waals surface area contributed by atoms with E-state index in [4.69, 9.17) is 5.73 Å². The van der Waals surface area contributed by atoms with Crippen LogP contribution in [0.1, 0.15) is 64.7 Å². The van der Waals surface area contributed by atoms with E-state index in [-0.39, 0.29) is 16.9 Å². The molecule has 2 aliphatic carbocycles. The van der Waals surface area contributed by atoms with E-state index in [1.165, 1.54) is 12.8 Å². The van der Waals surface area contributed by atoms with Crippen molar-refractivity contribution in [1.29, 1.82) is 0 Å². The molecule has 0 saturated heterocycles. The maximum absolute atomic E-state index is 12.5. The molecule has 2 aliphatic rings. The quantitative estimate of drug-likeness (QED) is 0.790. The zero-order valence-corrected chi connectivity index (χ0v) is 11.1. The molecule has 0 aromatic heterocycles. The molecule has 3 heteroatoms. The molecular formula is C14H26N2O. The van der Waals surface area contributed by atoms with E-state index in [9.17, 15) is 4.79 Å². The fourth-order valence-corrected chi connectivity index (χ4v) is 3.30. The first kappa shape index (κ1) is 12.9. The standard InChI is InChI=1S/C14H26N2O/c1-2-14(9-6-10-14)16-12(17)13(11-15)7-4-3-5-8-13/h2-11,15H2,1H3,(H,16,17). The first-order valence-electron chi connectivity index (χ1n) is 7.19. The van der Waals surface area contributed by atoms with Gasteiger partial charge in [0.05, 0.1) is 5.41 Å². The van der Waals surface area contributed by atoms with E-state index >= 15 is 0 Å². The molecule has 0 aromatic carbocycles. The minimum absolute atomic E-state index is 0.108. The minimum Gasteiger partial charge on any atom is -0.350 e. The Bertz CT molecular complexity index is 272. The molecule has 0 radical (unpaired) electrons. The second kappa shape index (κ2) is 4.97. The molecule has 0 spiro atoms. The Hall–Kier alpha value is -0.570. The van der Waals surface area contributed by atoms with Crippen LogP contribution in [0.5, 0.6) is 0 Å². The van der Waals surface area contributed by atoms with Gasteiger partial charge in [-0.2, -0.15) is 0 Å². The summed E-state index contributed by atoms with van der Waals surface area (Å²) in [5.41, 5.74) is 5.75. The molecule has 0 heterocycles. The second-order valence-electron chi connectivity index (χ2n) is 5.99. The van der Waals surface area contributed by atoms with Crippen LogP contribution in [0.3, 0.4) is 0 Å². The van der Waals surface area contributed by atoms with Crippen molar-refractivity contribution < 1.29 is 4.79 Å². The first-order chi connectivity index (χ1) is 8.16. The highest BCUT2D eigenvalue weighted by Crippen LogP contribution is 2.39. The number of carbonyl (C=O) groups excluding carboxylic acids is 1. The molecule has 0 bridgehead atoms. The van der Waals surface area contributed by atoms with Crippen LogP contribution in [0, 0.1) is 5.41 Å². The Labute approximate surface area is 105 Å². The summed E-state index contributed by atoms with van der Waals surface area (Å²) in [7, 11) is 0. The third-order valence-corrected chi connectivity index (χ3v) is 5.05. The predicted molar refractivity (Wildman–Crippen MR) is 69.6 cm³/mol. The van der Waals surface area contributed by atoms with E-state index < -0.39 is 0 Å². The molecule has 0 aromatic rings. The van der Waals surface area contributed by atoms with Gasteiger partial charge in [-0.3, -0.25) is 4.79 Å². The number of nitrogens with one attached hydrogen (secondary N) is 1. The maximum atomic E-state index is 12.5. The van der Waals surface area contributed by atoms with Gasteiger partial charge in [0, 0.05) is 12.1 Å². The van der Waals surface area contributed by atoms with Crippen LogP contribution in [0.25, 0.3) is 0 Å². The van der Waals surface area contributed by atoms with Crippen LogP contribution in [0.4, 0.5) is 0 Å². The average molecular weight is 238 g/mol. The average Bonchev–Trinajstić information content (AvgIpc) is 2.34. The zero-order valence-electron chi connectivity index (χ0n) is 11.1. The van der Waals surface area contributed by atoms with Crippen LogP contribution < -0.4 is 11.1 Å². The van der Waals surface area contributed by atoms with Crippen molar-refractivity contribution in [1.82, 2.24) is 5.32 Å². The Kier molecular flexibility index (Phi) is 3.76. The lowest BCUT2D eigenvalue weighted by molar-refractivity contribution is -0.135. The van der Waals surface area contributed by atoms with Crippen LogP contribution >= 0.6 is 0 Å². The molecule has 98 valence electrons. The maximum Gasteiger partial charge on any atom is 0.227 e. The summed E-state index contributed by atoms with van der Waals surface area (Å²) in [4.78, 5) is 12.5. The smallest absolute Gasteiger partial charge is 0.227 e. The number of amides is 1. The molecule has 0 aliphatic heterocycles. The highest BCUT2D eigenvalue weighted by atomic mass is 16.2. The van der Waals surface area contributed by atoms with Gasteiger partial charge in [0.15, 0.2) is 0 Å². The largest absolute Gasteiger partial charge is 0.350 e. The predicted octanol–water partition coefficient (Wildman–Crippen LogP) is 2.34. The summed E-state index contributed by atoms with van der Waals surface area (Å²) >= 11 is 0. The summed E-state index contributed by atoms with van der Waals surface area (Å²) in [6, 6.07) is 0. The topological polar surface area (TPSA) is 55.1 Å². The van der Waals surface area contributed by atoms with Crippen LogP contribution in [0.15, 0.2) is 0 Å². The molecule has 2 fully saturated rings. The first-order valence-corrected chi connectivity index (χ1v) is 7.19. The molecule has 3 N–H and O–H groups in total. The molecule has 2 rings (SSSR count). The van der Waals surface area contributed by atoms with Crippen molar-refractivity contribution >= 4 is 5.91 Å². The highest BCUT2D eigenvalue weighted by Gasteiger charge is 2.43. The van der Waals surface area contributed by atoms with Gasteiger partial charge in [-0.05, 0) is 38.5 Å². The molecule has 2 saturated carbocycles. The lowest BCUT2D eigenvalue weighted by Gasteiger charge is -2.45. The Morgan fingerprint density at radius 3 is 2.18 bits per heavy atom. The van der Waals surface area contributed by atoms with E-state index in [0.29, 0.717) is 6.54 Å². The normalized spacial score (nSPS) is 26.0. The van der Waals surface area contributed by atoms with Gasteiger partial charge in [0.2, 0.25) is 5.91 Å². The van der Waals surface area contributed by atoms with Crippen molar-refractivity contribution in [3.05, 3.63) is 0 Å². The molecule has 0 unspecified atom stereocenters. The fraction of sp³-hybridized carbons (Fsp3) is 0.929. The van der Waals surface area contributed by atoms with Crippen molar-refractivity contribution in [2.45, 2.75) is 70.3 Å². The Morgan fingerprint density at radius 2 is 1.76 bits per heavy atom. The molecular weight excluding hydrogens is 212 g/mol. The third-order valence-electron chi connectivity index (χ3n) is 5.05. The fourth-order valence-electron chi connectivity index (χ4n) is 3.30. The molecule has 0 atom stereocenters. The van der Waals surface area contributed by atoms with Gasteiger partial charge in [0.1, 0.15) is 0 Å². The second-order valence-corrected chi connectivity index (χ2v) is 5.99. The number of carbonyl (C=O) groups is 1. The molecule has 3 nitrogen and oxygen atoms in total. The number of hydrogen-bond acceptors (Lipinski definition) is 2. The van der Waals surface area contributed by atoms with Crippen molar-refractivity contribution in [3.63, 3.8) is 0 Å². The summed E-state index contributed by atoms with van der Waals surface area (Å²) in [6.45, 7) is 2.69. The Balaban J connectivity index is 2.01. The van der Waals surface area contributed by atoms with E-state index in [1.807, 2.05) is 0 Å². The van der Waals surface area contributed by atoms with E-state index in [1.54, 1.807) is 0 Å². The highest BCUT2D eigenvalue weighted by molar-refractivity contribution is 5.83. The van der Waals surface area contributed by atoms with Gasteiger partial charge in [-0.1, -0.05) is 26.2 Å². The van der Waals surface area contributed by atoms with E-state index in [2.05, 4.69) is 12.2 Å². The van der Waals surface area contributed by atoms with Crippen LogP contribution in [-0.2, 0) is 4.79 Å². The van der Waals surface area contributed by atoms with E-state index in [0.717, 1.165) is 44.9 Å². The van der Waals surface area contributed by atoms with Gasteiger partial charge in [-0.15, -0.1) is 0 Å². The van der Waals surface area contributed by atoms with Crippen molar-refractivity contribution in [2.24, 2.45) is 11.1 Å². The SMILES string of the molecule is CCC1(NC(=O)C2(CN)CCCCC2)CCC1. The third kappa shape index (κ3) is 2.35. The van der Waals surface area contributed by atoms with Crippen molar-refractivity contribution in [3.8, 4) is 0 Å². The van der Waals surface area contributed by atoms with Crippen molar-refractivity contribution in [2.75, 3.05) is 6.54 Å². The Morgan fingerprint density at radius 1 is 1.12 bits per heavy atom. The van der Waals surface area contributed by atoms with Gasteiger partial charge in [0.25, 0.3) is 0 Å². The minimum atomic E-state index is -0.254. The number of hydrogen-bond donors (Lipinski definition) is 2. The monoisotopic (exact) mass is 238 g/mol. The van der Waals surface area contributed by atoms with Crippen LogP contribution in [-0.4, -0.2) is 18.0 Å². The number of rotatable bonds is 4. The lowest BCUT2D eigenvalue weighted by Crippen LogP contribution is -2.58. The lowest BCUT2D eigenvalue weighted by atomic mass is 9.70. The summed E-state index contributed by atoms with van der Waals surface area (Å²) < 4.78 is 0. The van der Waals surface area contributed by atoms with Gasteiger partial charge in [-0.25, -0.2) is 0 Å². The summed E-state index contributed by atoms with van der Waals surface area (Å²) in [5.74, 6) is 0.237. The molecule has 1 amide bonds. The molecule has 17 heavy (non-hydrogen) atoms.